The third-order valence-electron chi connectivity index (χ3n) is 3.06. The minimum atomic E-state index is -4.13. The Morgan fingerprint density at radius 1 is 1.21 bits per heavy atom. The minimum Gasteiger partial charge on any atom is -0.354 e. The monoisotopic (exact) mass is 293 g/mol. The van der Waals surface area contributed by atoms with Crippen molar-refractivity contribution in [1.29, 1.82) is 0 Å². The van der Waals surface area contributed by atoms with Crippen molar-refractivity contribution in [3.05, 3.63) is 23.9 Å². The van der Waals surface area contributed by atoms with Gasteiger partial charge in [0.25, 0.3) is 0 Å². The van der Waals surface area contributed by atoms with Crippen molar-refractivity contribution in [2.24, 2.45) is 0 Å². The van der Waals surface area contributed by atoms with Crippen molar-refractivity contribution in [2.45, 2.75) is 12.1 Å². The number of pyridine rings is 1. The lowest BCUT2D eigenvalue weighted by atomic mass is 10.2. The van der Waals surface area contributed by atoms with Gasteiger partial charge in [-0.1, -0.05) is 0 Å². The maximum atomic E-state index is 12.3. The van der Waals surface area contributed by atoms with Crippen molar-refractivity contribution in [3.63, 3.8) is 0 Å². The van der Waals surface area contributed by atoms with Crippen LogP contribution in [0.4, 0.5) is 19.0 Å². The van der Waals surface area contributed by atoms with E-state index in [-0.39, 0.29) is 0 Å². The number of nitrogens with zero attached hydrogens (tertiary/aromatic N) is 3. The zero-order valence-corrected chi connectivity index (χ0v) is 11.1. The van der Waals surface area contributed by atoms with Crippen LogP contribution in [0.3, 0.4) is 0 Å². The highest BCUT2D eigenvalue weighted by Gasteiger charge is 2.32. The maximum Gasteiger partial charge on any atom is 0.401 e. The van der Waals surface area contributed by atoms with Crippen LogP contribution in [0.5, 0.6) is 0 Å². The molecule has 0 aromatic carbocycles. The smallest absolute Gasteiger partial charge is 0.354 e. The highest BCUT2D eigenvalue weighted by molar-refractivity contribution is 6.17. The van der Waals surface area contributed by atoms with Crippen molar-refractivity contribution in [2.75, 3.05) is 37.6 Å². The summed E-state index contributed by atoms with van der Waals surface area (Å²) in [5, 5.41) is 0. The number of piperazine rings is 1. The SMILES string of the molecule is FC(F)(F)CN1CCN(c2cc(CCl)ccn2)CC1. The summed E-state index contributed by atoms with van der Waals surface area (Å²) < 4.78 is 36.8. The second-order valence-electron chi connectivity index (χ2n) is 4.53. The Morgan fingerprint density at radius 2 is 1.89 bits per heavy atom. The molecule has 0 bridgehead atoms. The van der Waals surface area contributed by atoms with Gasteiger partial charge in [-0.3, -0.25) is 4.90 Å². The molecule has 1 fully saturated rings. The first kappa shape index (κ1) is 14.4. The Hall–Kier alpha value is -1.01. The molecule has 0 unspecified atom stereocenters. The molecule has 0 saturated carbocycles. The standard InChI is InChI=1S/C12H15ClF3N3/c13-8-10-1-2-17-11(7-10)19-5-3-18(4-6-19)9-12(14,15)16/h1-2,7H,3-6,8-9H2. The summed E-state index contributed by atoms with van der Waals surface area (Å²) in [5.41, 5.74) is 0.962. The predicted molar refractivity (Wildman–Crippen MR) is 68.5 cm³/mol. The fourth-order valence-corrected chi connectivity index (χ4v) is 2.27. The van der Waals surface area contributed by atoms with Gasteiger partial charge in [-0.2, -0.15) is 13.2 Å². The van der Waals surface area contributed by atoms with E-state index < -0.39 is 12.7 Å². The van der Waals surface area contributed by atoms with E-state index in [1.54, 1.807) is 6.20 Å². The van der Waals surface area contributed by atoms with Gasteiger partial charge >= 0.3 is 6.18 Å². The third kappa shape index (κ3) is 4.24. The van der Waals surface area contributed by atoms with E-state index in [0.29, 0.717) is 32.1 Å². The average molecular weight is 294 g/mol. The fraction of sp³-hybridized carbons (Fsp3) is 0.583. The molecule has 1 saturated heterocycles. The number of halogens is 4. The van der Waals surface area contributed by atoms with E-state index in [0.717, 1.165) is 11.4 Å². The normalized spacial score (nSPS) is 17.8. The molecule has 3 nitrogen and oxygen atoms in total. The second-order valence-corrected chi connectivity index (χ2v) is 4.80. The van der Waals surface area contributed by atoms with Crippen LogP contribution in [0.25, 0.3) is 0 Å². The molecule has 0 atom stereocenters. The number of anilines is 1. The van der Waals surface area contributed by atoms with E-state index >= 15 is 0 Å². The van der Waals surface area contributed by atoms with Crippen LogP contribution in [0, 0.1) is 0 Å². The molecule has 2 rings (SSSR count). The summed E-state index contributed by atoms with van der Waals surface area (Å²) in [5.74, 6) is 1.19. The van der Waals surface area contributed by atoms with Crippen LogP contribution in [0.15, 0.2) is 18.3 Å². The van der Waals surface area contributed by atoms with Gasteiger partial charge in [0.15, 0.2) is 0 Å². The maximum absolute atomic E-state index is 12.3. The Kier molecular flexibility index (Phi) is 4.52. The van der Waals surface area contributed by atoms with E-state index in [1.165, 1.54) is 4.90 Å². The quantitative estimate of drug-likeness (QED) is 0.798. The number of hydrogen-bond acceptors (Lipinski definition) is 3. The van der Waals surface area contributed by atoms with Crippen LogP contribution in [0.1, 0.15) is 5.56 Å². The van der Waals surface area contributed by atoms with Gasteiger partial charge in [-0.15, -0.1) is 11.6 Å². The molecule has 0 radical (unpaired) electrons. The van der Waals surface area contributed by atoms with Gasteiger partial charge in [-0.05, 0) is 17.7 Å². The van der Waals surface area contributed by atoms with Crippen LogP contribution in [-0.2, 0) is 5.88 Å². The Labute approximate surface area is 115 Å². The lowest BCUT2D eigenvalue weighted by molar-refractivity contribution is -0.146. The fourth-order valence-electron chi connectivity index (χ4n) is 2.11. The zero-order chi connectivity index (χ0) is 13.9. The first-order valence-electron chi connectivity index (χ1n) is 6.03. The second kappa shape index (κ2) is 5.96. The molecular formula is C12H15ClF3N3. The molecule has 0 aliphatic carbocycles. The molecule has 106 valence electrons. The summed E-state index contributed by atoms with van der Waals surface area (Å²) >= 11 is 5.75. The number of aromatic nitrogens is 1. The largest absolute Gasteiger partial charge is 0.401 e. The van der Waals surface area contributed by atoms with Crippen LogP contribution in [0.2, 0.25) is 0 Å². The molecule has 1 aliphatic rings. The van der Waals surface area contributed by atoms with Crippen LogP contribution < -0.4 is 4.90 Å². The van der Waals surface area contributed by atoms with Gasteiger partial charge in [0, 0.05) is 38.3 Å². The Bertz CT molecular complexity index is 417. The summed E-state index contributed by atoms with van der Waals surface area (Å²) in [6.45, 7) is 1.05. The van der Waals surface area contributed by atoms with E-state index in [4.69, 9.17) is 11.6 Å². The molecule has 2 heterocycles. The van der Waals surface area contributed by atoms with Gasteiger partial charge < -0.3 is 4.90 Å². The third-order valence-corrected chi connectivity index (χ3v) is 3.37. The van der Waals surface area contributed by atoms with E-state index in [1.807, 2.05) is 17.0 Å². The van der Waals surface area contributed by atoms with Gasteiger partial charge in [0.2, 0.25) is 0 Å². The van der Waals surface area contributed by atoms with Crippen molar-refractivity contribution in [3.8, 4) is 0 Å². The topological polar surface area (TPSA) is 19.4 Å². The molecule has 1 aromatic rings. The molecule has 19 heavy (non-hydrogen) atoms. The highest BCUT2D eigenvalue weighted by Crippen LogP contribution is 2.20. The first-order chi connectivity index (χ1) is 8.98. The lowest BCUT2D eigenvalue weighted by Gasteiger charge is -2.35. The molecule has 1 aromatic heterocycles. The number of rotatable bonds is 3. The van der Waals surface area contributed by atoms with Crippen molar-refractivity contribution >= 4 is 17.4 Å². The minimum absolute atomic E-state index is 0.395. The molecular weight excluding hydrogens is 279 g/mol. The first-order valence-corrected chi connectivity index (χ1v) is 6.56. The van der Waals surface area contributed by atoms with Crippen LogP contribution in [-0.4, -0.2) is 48.8 Å². The summed E-state index contributed by atoms with van der Waals surface area (Å²) in [6.07, 6.45) is -2.45. The molecule has 1 aliphatic heterocycles. The van der Waals surface area contributed by atoms with E-state index in [2.05, 4.69) is 4.98 Å². The van der Waals surface area contributed by atoms with Gasteiger partial charge in [0.05, 0.1) is 6.54 Å². The Balaban J connectivity index is 1.92. The molecule has 0 spiro atoms. The zero-order valence-electron chi connectivity index (χ0n) is 10.3. The molecule has 0 N–H and O–H groups in total. The summed E-state index contributed by atoms with van der Waals surface area (Å²) in [6, 6.07) is 3.71. The molecule has 7 heteroatoms. The van der Waals surface area contributed by atoms with Crippen molar-refractivity contribution in [1.82, 2.24) is 9.88 Å². The lowest BCUT2D eigenvalue weighted by Crippen LogP contribution is -2.49. The number of alkyl halides is 4. The predicted octanol–water partition coefficient (Wildman–Crippen LogP) is 2.50. The summed E-state index contributed by atoms with van der Waals surface area (Å²) in [7, 11) is 0. The summed E-state index contributed by atoms with van der Waals surface area (Å²) in [4.78, 5) is 7.64. The van der Waals surface area contributed by atoms with Crippen LogP contribution >= 0.6 is 11.6 Å². The number of hydrogen-bond donors (Lipinski definition) is 0. The highest BCUT2D eigenvalue weighted by atomic mass is 35.5. The van der Waals surface area contributed by atoms with Gasteiger partial charge in [0.1, 0.15) is 5.82 Å². The van der Waals surface area contributed by atoms with Crippen molar-refractivity contribution < 1.29 is 13.2 Å². The van der Waals surface area contributed by atoms with Gasteiger partial charge in [-0.25, -0.2) is 4.98 Å². The average Bonchev–Trinajstić information content (AvgIpc) is 2.38. The van der Waals surface area contributed by atoms with E-state index in [9.17, 15) is 13.2 Å². The Morgan fingerprint density at radius 3 is 2.47 bits per heavy atom. The molecule has 0 amide bonds.